The number of aromatic carboxylic acids is 1. The van der Waals surface area contributed by atoms with E-state index in [4.69, 9.17) is 10.9 Å². The van der Waals surface area contributed by atoms with Gasteiger partial charge in [0.25, 0.3) is 0 Å². The second-order valence-electron chi connectivity index (χ2n) is 4.30. The summed E-state index contributed by atoms with van der Waals surface area (Å²) in [5, 5.41) is 9.02. The highest BCUT2D eigenvalue weighted by Crippen LogP contribution is 2.19. The lowest BCUT2D eigenvalue weighted by Crippen LogP contribution is -2.19. The number of carbonyl (C=O) groups excluding carboxylic acids is 1. The van der Waals surface area contributed by atoms with Gasteiger partial charge >= 0.3 is 5.97 Å². The molecule has 20 heavy (non-hydrogen) atoms. The molecule has 0 aliphatic carbocycles. The molecule has 0 unspecified atom stereocenters. The van der Waals surface area contributed by atoms with Gasteiger partial charge in [0.15, 0.2) is 0 Å². The van der Waals surface area contributed by atoms with Gasteiger partial charge in [0, 0.05) is 15.7 Å². The van der Waals surface area contributed by atoms with Gasteiger partial charge in [-0.25, -0.2) is 4.79 Å². The van der Waals surface area contributed by atoms with E-state index in [1.807, 2.05) is 6.92 Å². The quantitative estimate of drug-likeness (QED) is 0.663. The molecule has 0 fully saturated rings. The standard InChI is InChI=1S/C14H13BrN2O3/c1-2-11-3-4-12(17(11)16)13(18)8-5-9(14(19)20)7-10(15)6-8/h3-7H,2,16H2,1H3,(H,19,20). The van der Waals surface area contributed by atoms with Crippen LogP contribution in [0.2, 0.25) is 0 Å². The molecular weight excluding hydrogens is 324 g/mol. The van der Waals surface area contributed by atoms with Crippen LogP contribution in [-0.2, 0) is 6.42 Å². The number of benzene rings is 1. The van der Waals surface area contributed by atoms with Crippen molar-refractivity contribution in [3.05, 3.63) is 57.3 Å². The van der Waals surface area contributed by atoms with Gasteiger partial charge in [-0.05, 0) is 36.8 Å². The first kappa shape index (κ1) is 14.3. The van der Waals surface area contributed by atoms with Gasteiger partial charge in [0.2, 0.25) is 5.78 Å². The van der Waals surface area contributed by atoms with E-state index in [1.54, 1.807) is 18.2 Å². The second-order valence-corrected chi connectivity index (χ2v) is 5.21. The summed E-state index contributed by atoms with van der Waals surface area (Å²) in [5.41, 5.74) is 1.50. The fourth-order valence-electron chi connectivity index (χ4n) is 1.96. The fraction of sp³-hybridized carbons (Fsp3) is 0.143. The highest BCUT2D eigenvalue weighted by atomic mass is 79.9. The number of hydrogen-bond acceptors (Lipinski definition) is 3. The lowest BCUT2D eigenvalue weighted by Gasteiger charge is -2.07. The Morgan fingerprint density at radius 1 is 1.25 bits per heavy atom. The van der Waals surface area contributed by atoms with Crippen molar-refractivity contribution in [3.8, 4) is 0 Å². The van der Waals surface area contributed by atoms with Crippen LogP contribution in [0.5, 0.6) is 0 Å². The minimum Gasteiger partial charge on any atom is -0.478 e. The van der Waals surface area contributed by atoms with Crippen molar-refractivity contribution in [2.24, 2.45) is 0 Å². The Bertz CT molecular complexity index is 692. The number of rotatable bonds is 4. The van der Waals surface area contributed by atoms with Crippen LogP contribution in [0.3, 0.4) is 0 Å². The molecule has 5 nitrogen and oxygen atoms in total. The van der Waals surface area contributed by atoms with Crippen molar-refractivity contribution < 1.29 is 14.7 Å². The van der Waals surface area contributed by atoms with E-state index >= 15 is 0 Å². The lowest BCUT2D eigenvalue weighted by molar-refractivity contribution is 0.0697. The molecule has 2 aromatic rings. The number of carbonyl (C=O) groups is 2. The Labute approximate surface area is 124 Å². The molecule has 0 amide bonds. The van der Waals surface area contributed by atoms with Crippen molar-refractivity contribution in [1.82, 2.24) is 4.68 Å². The largest absolute Gasteiger partial charge is 0.478 e. The predicted molar refractivity (Wildman–Crippen MR) is 78.5 cm³/mol. The Hall–Kier alpha value is -2.08. The number of nitrogens with zero attached hydrogens (tertiary/aromatic N) is 1. The monoisotopic (exact) mass is 336 g/mol. The molecule has 1 aromatic carbocycles. The predicted octanol–water partition coefficient (Wildman–Crippen LogP) is 2.46. The number of ketones is 1. The summed E-state index contributed by atoms with van der Waals surface area (Å²) in [6, 6.07) is 7.78. The van der Waals surface area contributed by atoms with E-state index in [9.17, 15) is 9.59 Å². The Balaban J connectivity index is 2.47. The number of nitrogen functional groups attached to an aromatic ring is 1. The third-order valence-electron chi connectivity index (χ3n) is 3.00. The molecule has 0 radical (unpaired) electrons. The molecule has 0 atom stereocenters. The maximum atomic E-state index is 12.4. The van der Waals surface area contributed by atoms with Gasteiger partial charge in [-0.15, -0.1) is 0 Å². The highest BCUT2D eigenvalue weighted by molar-refractivity contribution is 9.10. The number of aryl methyl sites for hydroxylation is 1. The fourth-order valence-corrected chi connectivity index (χ4v) is 2.45. The third kappa shape index (κ3) is 2.60. The number of halogens is 1. The van der Waals surface area contributed by atoms with E-state index in [0.29, 0.717) is 16.6 Å². The van der Waals surface area contributed by atoms with Crippen LogP contribution in [0.4, 0.5) is 0 Å². The van der Waals surface area contributed by atoms with Crippen molar-refractivity contribution in [3.63, 3.8) is 0 Å². The maximum absolute atomic E-state index is 12.4. The lowest BCUT2D eigenvalue weighted by atomic mass is 10.1. The number of nitrogens with two attached hydrogens (primary N) is 1. The molecular formula is C14H13BrN2O3. The molecule has 3 N–H and O–H groups in total. The zero-order valence-electron chi connectivity index (χ0n) is 10.8. The van der Waals surface area contributed by atoms with Crippen LogP contribution in [0.15, 0.2) is 34.8 Å². The van der Waals surface area contributed by atoms with E-state index < -0.39 is 5.97 Å². The topological polar surface area (TPSA) is 85.3 Å². The maximum Gasteiger partial charge on any atom is 0.335 e. The van der Waals surface area contributed by atoms with E-state index in [2.05, 4.69) is 15.9 Å². The number of aromatic nitrogens is 1. The summed E-state index contributed by atoms with van der Waals surface area (Å²) in [6.07, 6.45) is 0.711. The average molecular weight is 337 g/mol. The number of carboxylic acid groups (broad SMARTS) is 1. The van der Waals surface area contributed by atoms with Crippen molar-refractivity contribution >= 4 is 27.7 Å². The normalized spacial score (nSPS) is 10.5. The molecule has 0 saturated carbocycles. The smallest absolute Gasteiger partial charge is 0.335 e. The zero-order valence-corrected chi connectivity index (χ0v) is 12.3. The molecule has 1 heterocycles. The minimum atomic E-state index is -1.09. The van der Waals surface area contributed by atoms with Crippen molar-refractivity contribution in [1.29, 1.82) is 0 Å². The van der Waals surface area contributed by atoms with E-state index in [1.165, 1.54) is 16.8 Å². The Morgan fingerprint density at radius 3 is 2.45 bits per heavy atom. The molecule has 2 rings (SSSR count). The van der Waals surface area contributed by atoms with Gasteiger partial charge in [-0.2, -0.15) is 0 Å². The first-order chi connectivity index (χ1) is 9.43. The van der Waals surface area contributed by atoms with Gasteiger partial charge in [-0.3, -0.25) is 9.47 Å². The molecule has 0 aliphatic rings. The van der Waals surface area contributed by atoms with E-state index in [0.717, 1.165) is 5.69 Å². The average Bonchev–Trinajstić information content (AvgIpc) is 2.78. The first-order valence-corrected chi connectivity index (χ1v) is 6.77. The first-order valence-electron chi connectivity index (χ1n) is 5.98. The summed E-state index contributed by atoms with van der Waals surface area (Å²) >= 11 is 3.21. The van der Waals surface area contributed by atoms with Crippen LogP contribution in [0, 0.1) is 0 Å². The van der Waals surface area contributed by atoms with Crippen molar-refractivity contribution in [2.45, 2.75) is 13.3 Å². The molecule has 0 spiro atoms. The molecule has 6 heteroatoms. The molecule has 0 bridgehead atoms. The summed E-state index contributed by atoms with van der Waals surface area (Å²) in [6.45, 7) is 1.94. The Kier molecular flexibility index (Phi) is 3.94. The van der Waals surface area contributed by atoms with Gasteiger partial charge in [0.05, 0.1) is 5.56 Å². The molecule has 1 aromatic heterocycles. The number of carboxylic acids is 1. The summed E-state index contributed by atoms with van der Waals surface area (Å²) in [5.74, 6) is 4.46. The Morgan fingerprint density at radius 2 is 1.90 bits per heavy atom. The van der Waals surface area contributed by atoms with Crippen LogP contribution >= 0.6 is 15.9 Å². The summed E-state index contributed by atoms with van der Waals surface area (Å²) in [7, 11) is 0. The SMILES string of the molecule is CCc1ccc(C(=O)c2cc(Br)cc(C(=O)O)c2)n1N. The van der Waals surface area contributed by atoms with Gasteiger partial charge in [0.1, 0.15) is 5.69 Å². The molecule has 104 valence electrons. The van der Waals surface area contributed by atoms with Gasteiger partial charge < -0.3 is 10.9 Å². The van der Waals surface area contributed by atoms with Crippen LogP contribution in [-0.4, -0.2) is 21.5 Å². The number of hydrogen-bond donors (Lipinski definition) is 2. The van der Waals surface area contributed by atoms with Crippen LogP contribution < -0.4 is 5.84 Å². The van der Waals surface area contributed by atoms with Crippen LogP contribution in [0.25, 0.3) is 0 Å². The van der Waals surface area contributed by atoms with E-state index in [-0.39, 0.29) is 16.9 Å². The minimum absolute atomic E-state index is 0.0496. The molecule has 0 saturated heterocycles. The van der Waals surface area contributed by atoms with Gasteiger partial charge in [-0.1, -0.05) is 22.9 Å². The van der Waals surface area contributed by atoms with Crippen LogP contribution in [0.1, 0.15) is 39.0 Å². The zero-order chi connectivity index (χ0) is 14.9. The third-order valence-corrected chi connectivity index (χ3v) is 3.46. The summed E-state index contributed by atoms with van der Waals surface area (Å²) in [4.78, 5) is 23.4. The second kappa shape index (κ2) is 5.50. The van der Waals surface area contributed by atoms with Crippen molar-refractivity contribution in [2.75, 3.05) is 5.84 Å². The molecule has 0 aliphatic heterocycles. The summed E-state index contributed by atoms with van der Waals surface area (Å²) < 4.78 is 1.87. The highest BCUT2D eigenvalue weighted by Gasteiger charge is 2.17.